The van der Waals surface area contributed by atoms with Crippen LogP contribution in [-0.4, -0.2) is 20.4 Å². The molecule has 0 aliphatic carbocycles. The molecule has 1 heterocycles. The van der Waals surface area contributed by atoms with Gasteiger partial charge in [0.05, 0.1) is 10.7 Å². The Morgan fingerprint density at radius 1 is 1.35 bits per heavy atom. The fourth-order valence-corrected chi connectivity index (χ4v) is 2.93. The molecule has 0 saturated carbocycles. The summed E-state index contributed by atoms with van der Waals surface area (Å²) in [7, 11) is -2.57. The van der Waals surface area contributed by atoms with Crippen LogP contribution in [0.2, 0.25) is 5.02 Å². The highest BCUT2D eigenvalue weighted by Gasteiger charge is 2.22. The SMILES string of the molecule is CN(c1cccc(F)c1)S(=O)(=O)c1cnc(N)c(Cl)c1. The number of pyridine rings is 1. The van der Waals surface area contributed by atoms with E-state index in [9.17, 15) is 12.8 Å². The highest BCUT2D eigenvalue weighted by atomic mass is 35.5. The molecule has 0 spiro atoms. The van der Waals surface area contributed by atoms with Gasteiger partial charge in [-0.2, -0.15) is 0 Å². The molecular formula is C12H11ClFN3O2S. The predicted molar refractivity (Wildman–Crippen MR) is 75.6 cm³/mol. The Morgan fingerprint density at radius 2 is 2.05 bits per heavy atom. The summed E-state index contributed by atoms with van der Waals surface area (Å²) in [6.07, 6.45) is 1.10. The van der Waals surface area contributed by atoms with Crippen molar-refractivity contribution in [2.24, 2.45) is 0 Å². The quantitative estimate of drug-likeness (QED) is 0.942. The molecule has 1 aromatic carbocycles. The minimum absolute atomic E-state index is 0.0405. The summed E-state index contributed by atoms with van der Waals surface area (Å²) in [5, 5.41) is 0.0405. The highest BCUT2D eigenvalue weighted by molar-refractivity contribution is 7.92. The average Bonchev–Trinajstić information content (AvgIpc) is 2.40. The van der Waals surface area contributed by atoms with Gasteiger partial charge in [0.2, 0.25) is 0 Å². The van der Waals surface area contributed by atoms with Crippen LogP contribution >= 0.6 is 11.6 Å². The van der Waals surface area contributed by atoms with Gasteiger partial charge in [-0.05, 0) is 24.3 Å². The van der Waals surface area contributed by atoms with E-state index in [0.717, 1.165) is 16.6 Å². The first-order valence-corrected chi connectivity index (χ1v) is 7.29. The monoisotopic (exact) mass is 315 g/mol. The van der Waals surface area contributed by atoms with Crippen molar-refractivity contribution in [2.75, 3.05) is 17.1 Å². The van der Waals surface area contributed by atoms with Gasteiger partial charge in [-0.15, -0.1) is 0 Å². The van der Waals surface area contributed by atoms with Gasteiger partial charge < -0.3 is 5.73 Å². The number of nitrogens with two attached hydrogens (primary N) is 1. The van der Waals surface area contributed by atoms with E-state index < -0.39 is 15.8 Å². The Labute approximate surface area is 120 Å². The van der Waals surface area contributed by atoms with Crippen LogP contribution in [0.4, 0.5) is 15.9 Å². The third kappa shape index (κ3) is 2.68. The molecule has 106 valence electrons. The van der Waals surface area contributed by atoms with E-state index in [0.29, 0.717) is 0 Å². The lowest BCUT2D eigenvalue weighted by Gasteiger charge is -2.19. The molecule has 0 atom stereocenters. The fraction of sp³-hybridized carbons (Fsp3) is 0.0833. The van der Waals surface area contributed by atoms with Crippen molar-refractivity contribution in [3.05, 3.63) is 47.4 Å². The van der Waals surface area contributed by atoms with E-state index in [2.05, 4.69) is 4.98 Å². The molecule has 8 heteroatoms. The van der Waals surface area contributed by atoms with Crippen LogP contribution in [0.3, 0.4) is 0 Å². The van der Waals surface area contributed by atoms with Gasteiger partial charge in [0.25, 0.3) is 10.0 Å². The van der Waals surface area contributed by atoms with Crippen LogP contribution in [0.1, 0.15) is 0 Å². The number of hydrogen-bond donors (Lipinski definition) is 1. The van der Waals surface area contributed by atoms with E-state index in [4.69, 9.17) is 17.3 Å². The lowest BCUT2D eigenvalue weighted by molar-refractivity contribution is 0.593. The maximum atomic E-state index is 13.2. The normalized spacial score (nSPS) is 11.3. The first-order chi connectivity index (χ1) is 9.32. The van der Waals surface area contributed by atoms with Gasteiger partial charge in [0, 0.05) is 13.2 Å². The van der Waals surface area contributed by atoms with Crippen molar-refractivity contribution in [1.82, 2.24) is 4.98 Å². The Morgan fingerprint density at radius 3 is 2.65 bits per heavy atom. The smallest absolute Gasteiger partial charge is 0.265 e. The van der Waals surface area contributed by atoms with Gasteiger partial charge in [0.15, 0.2) is 0 Å². The third-order valence-electron chi connectivity index (χ3n) is 2.67. The van der Waals surface area contributed by atoms with Crippen LogP contribution in [0, 0.1) is 5.82 Å². The number of anilines is 2. The number of nitrogens with zero attached hydrogens (tertiary/aromatic N) is 2. The molecular weight excluding hydrogens is 305 g/mol. The molecule has 0 aliphatic heterocycles. The largest absolute Gasteiger partial charge is 0.382 e. The van der Waals surface area contributed by atoms with Gasteiger partial charge in [0.1, 0.15) is 16.5 Å². The summed E-state index contributed by atoms with van der Waals surface area (Å²) in [5.41, 5.74) is 5.63. The minimum Gasteiger partial charge on any atom is -0.382 e. The summed E-state index contributed by atoms with van der Waals surface area (Å²) in [6.45, 7) is 0. The summed E-state index contributed by atoms with van der Waals surface area (Å²) in [5.74, 6) is -0.489. The molecule has 0 aliphatic rings. The fourth-order valence-electron chi connectivity index (χ4n) is 1.54. The van der Waals surface area contributed by atoms with Crippen molar-refractivity contribution >= 4 is 33.1 Å². The molecule has 2 N–H and O–H groups in total. The van der Waals surface area contributed by atoms with Gasteiger partial charge in [-0.1, -0.05) is 17.7 Å². The second kappa shape index (κ2) is 5.26. The standard InChI is InChI=1S/C12H11ClFN3O2S/c1-17(9-4-2-3-8(14)5-9)20(18,19)10-6-11(13)12(15)16-7-10/h2-7H,1H3,(H2,15,16). The van der Waals surface area contributed by atoms with E-state index in [1.165, 1.54) is 31.3 Å². The van der Waals surface area contributed by atoms with Crippen LogP contribution in [0.25, 0.3) is 0 Å². The minimum atomic E-state index is -3.88. The number of sulfonamides is 1. The second-order valence-corrected chi connectivity index (χ2v) is 6.37. The third-order valence-corrected chi connectivity index (χ3v) is 4.73. The first-order valence-electron chi connectivity index (χ1n) is 5.48. The molecule has 0 unspecified atom stereocenters. The predicted octanol–water partition coefficient (Wildman–Crippen LogP) is 2.28. The molecule has 5 nitrogen and oxygen atoms in total. The number of halogens is 2. The molecule has 1 aromatic heterocycles. The van der Waals surface area contributed by atoms with Gasteiger partial charge in [-0.3, -0.25) is 4.31 Å². The van der Waals surface area contributed by atoms with E-state index in [-0.39, 0.29) is 21.4 Å². The zero-order chi connectivity index (χ0) is 14.9. The molecule has 20 heavy (non-hydrogen) atoms. The highest BCUT2D eigenvalue weighted by Crippen LogP contribution is 2.25. The van der Waals surface area contributed by atoms with Crippen LogP contribution in [-0.2, 0) is 10.0 Å². The maximum Gasteiger partial charge on any atom is 0.265 e. The number of benzene rings is 1. The Bertz CT molecular complexity index is 752. The van der Waals surface area contributed by atoms with Crippen molar-refractivity contribution < 1.29 is 12.8 Å². The maximum absolute atomic E-state index is 13.2. The summed E-state index contributed by atoms with van der Waals surface area (Å²) < 4.78 is 38.9. The molecule has 0 fully saturated rings. The summed E-state index contributed by atoms with van der Waals surface area (Å²) in [6, 6.07) is 6.45. The zero-order valence-electron chi connectivity index (χ0n) is 10.4. The average molecular weight is 316 g/mol. The van der Waals surface area contributed by atoms with Crippen LogP contribution < -0.4 is 10.0 Å². The summed E-state index contributed by atoms with van der Waals surface area (Å²) in [4.78, 5) is 3.58. The Balaban J connectivity index is 2.46. The zero-order valence-corrected chi connectivity index (χ0v) is 12.0. The molecule has 0 bridgehead atoms. The van der Waals surface area contributed by atoms with E-state index in [1.807, 2.05) is 0 Å². The lowest BCUT2D eigenvalue weighted by atomic mass is 10.3. The molecule has 0 saturated heterocycles. The second-order valence-electron chi connectivity index (χ2n) is 3.99. The van der Waals surface area contributed by atoms with Crippen molar-refractivity contribution in [3.8, 4) is 0 Å². The number of aromatic nitrogens is 1. The van der Waals surface area contributed by atoms with Crippen LogP contribution in [0.15, 0.2) is 41.4 Å². The van der Waals surface area contributed by atoms with Gasteiger partial charge in [-0.25, -0.2) is 17.8 Å². The van der Waals surface area contributed by atoms with Crippen molar-refractivity contribution in [3.63, 3.8) is 0 Å². The Kier molecular flexibility index (Phi) is 3.82. The van der Waals surface area contributed by atoms with Gasteiger partial charge >= 0.3 is 0 Å². The van der Waals surface area contributed by atoms with Crippen LogP contribution in [0.5, 0.6) is 0 Å². The number of rotatable bonds is 3. The van der Waals surface area contributed by atoms with E-state index >= 15 is 0 Å². The van der Waals surface area contributed by atoms with Crippen molar-refractivity contribution in [1.29, 1.82) is 0 Å². The lowest BCUT2D eigenvalue weighted by Crippen LogP contribution is -2.26. The molecule has 0 radical (unpaired) electrons. The first kappa shape index (κ1) is 14.5. The molecule has 0 amide bonds. The molecule has 2 rings (SSSR count). The topological polar surface area (TPSA) is 76.3 Å². The summed E-state index contributed by atoms with van der Waals surface area (Å²) >= 11 is 5.77. The van der Waals surface area contributed by atoms with Crippen molar-refractivity contribution in [2.45, 2.75) is 4.90 Å². The Hall–Kier alpha value is -1.86. The number of nitrogen functional groups attached to an aromatic ring is 1. The molecule has 2 aromatic rings. The number of hydrogen-bond acceptors (Lipinski definition) is 4. The van der Waals surface area contributed by atoms with E-state index in [1.54, 1.807) is 0 Å².